The molecule has 1 saturated heterocycles. The third-order valence-electron chi connectivity index (χ3n) is 5.42. The number of amides is 4. The Kier molecular flexibility index (Phi) is 8.70. The average Bonchev–Trinajstić information content (AvgIpc) is 3.48. The Balaban J connectivity index is 1.47. The van der Waals surface area contributed by atoms with E-state index in [1.54, 1.807) is 6.92 Å². The number of benzene rings is 2. The predicted octanol–water partition coefficient (Wildman–Crippen LogP) is 4.37. The van der Waals surface area contributed by atoms with Crippen molar-refractivity contribution in [2.75, 3.05) is 25.6 Å². The van der Waals surface area contributed by atoms with Crippen LogP contribution >= 0.6 is 11.6 Å². The van der Waals surface area contributed by atoms with Crippen molar-refractivity contribution in [1.29, 1.82) is 0 Å². The fourth-order valence-electron chi connectivity index (χ4n) is 3.69. The number of halogens is 2. The number of anilines is 1. The summed E-state index contributed by atoms with van der Waals surface area (Å²) in [7, 11) is 1.20. The highest BCUT2D eigenvalue weighted by atomic mass is 35.5. The molecule has 40 heavy (non-hydrogen) atoms. The monoisotopic (exact) mass is 571 g/mol. The number of hydrogen-bond acceptors (Lipinski definition) is 8. The highest BCUT2D eigenvalue weighted by Gasteiger charge is 2.34. The summed E-state index contributed by atoms with van der Waals surface area (Å²) in [6.07, 6.45) is 1.40. The highest BCUT2D eigenvalue weighted by Crippen LogP contribution is 2.37. The normalized spacial score (nSPS) is 13.8. The molecule has 1 fully saturated rings. The Morgan fingerprint density at radius 3 is 2.67 bits per heavy atom. The second kappa shape index (κ2) is 12.3. The second-order valence-corrected chi connectivity index (χ2v) is 8.65. The molecule has 0 atom stereocenters. The number of methoxy groups -OCH3 is 1. The summed E-state index contributed by atoms with van der Waals surface area (Å²) in [5.74, 6) is -1.96. The first-order valence-electron chi connectivity index (χ1n) is 11.8. The molecule has 2 heterocycles. The number of rotatable bonds is 10. The zero-order valence-corrected chi connectivity index (χ0v) is 22.0. The van der Waals surface area contributed by atoms with Gasteiger partial charge in [-0.2, -0.15) is 0 Å². The van der Waals surface area contributed by atoms with Crippen LogP contribution in [0.4, 0.5) is 14.9 Å². The van der Waals surface area contributed by atoms with Gasteiger partial charge in [0, 0.05) is 5.69 Å². The van der Waals surface area contributed by atoms with E-state index >= 15 is 0 Å². The summed E-state index contributed by atoms with van der Waals surface area (Å²) >= 11 is 6.41. The van der Waals surface area contributed by atoms with Crippen LogP contribution in [0.3, 0.4) is 0 Å². The van der Waals surface area contributed by atoms with E-state index in [0.717, 1.165) is 11.0 Å². The molecule has 4 amide bonds. The Bertz CT molecular complexity index is 1500. The zero-order valence-electron chi connectivity index (χ0n) is 21.3. The first-order valence-corrected chi connectivity index (χ1v) is 12.2. The molecule has 2 N–H and O–H groups in total. The van der Waals surface area contributed by atoms with Crippen molar-refractivity contribution in [2.24, 2.45) is 0 Å². The Morgan fingerprint density at radius 1 is 1.15 bits per heavy atom. The van der Waals surface area contributed by atoms with Gasteiger partial charge in [-0.05, 0) is 61.0 Å². The van der Waals surface area contributed by atoms with Crippen molar-refractivity contribution in [1.82, 2.24) is 10.2 Å². The van der Waals surface area contributed by atoms with Gasteiger partial charge in [0.1, 0.15) is 17.3 Å². The van der Waals surface area contributed by atoms with Crippen molar-refractivity contribution >= 4 is 47.2 Å². The fraction of sp³-hybridized carbons (Fsp3) is 0.185. The minimum atomic E-state index is -0.689. The van der Waals surface area contributed by atoms with E-state index in [0.29, 0.717) is 5.56 Å². The van der Waals surface area contributed by atoms with E-state index in [4.69, 9.17) is 25.5 Å². The van der Waals surface area contributed by atoms with Crippen molar-refractivity contribution < 1.29 is 42.2 Å². The molecule has 3 aromatic rings. The van der Waals surface area contributed by atoms with Crippen molar-refractivity contribution in [2.45, 2.75) is 13.5 Å². The van der Waals surface area contributed by atoms with E-state index in [1.165, 1.54) is 55.7 Å². The lowest BCUT2D eigenvalue weighted by Gasteiger charge is -2.14. The van der Waals surface area contributed by atoms with Gasteiger partial charge in [0.2, 0.25) is 5.76 Å². The summed E-state index contributed by atoms with van der Waals surface area (Å²) < 4.78 is 34.5. The van der Waals surface area contributed by atoms with Gasteiger partial charge < -0.3 is 29.3 Å². The summed E-state index contributed by atoms with van der Waals surface area (Å²) in [5, 5.41) is 5.08. The summed E-state index contributed by atoms with van der Waals surface area (Å²) in [6, 6.07) is 10.5. The van der Waals surface area contributed by atoms with Gasteiger partial charge >= 0.3 is 12.0 Å². The summed E-state index contributed by atoms with van der Waals surface area (Å²) in [5.41, 5.74) is 0.632. The van der Waals surface area contributed by atoms with Crippen LogP contribution in [0.2, 0.25) is 5.02 Å². The Labute approximate surface area is 232 Å². The topological polar surface area (TPSA) is 136 Å². The first kappa shape index (κ1) is 28.2. The summed E-state index contributed by atoms with van der Waals surface area (Å²) in [4.78, 5) is 50.2. The zero-order chi connectivity index (χ0) is 28.8. The van der Waals surface area contributed by atoms with Gasteiger partial charge in [-0.15, -0.1) is 0 Å². The largest absolute Gasteiger partial charge is 0.490 e. The highest BCUT2D eigenvalue weighted by molar-refractivity contribution is 6.32. The number of nitrogens with zero attached hydrogens (tertiary/aromatic N) is 1. The van der Waals surface area contributed by atoms with E-state index in [-0.39, 0.29) is 52.6 Å². The smallest absolute Gasteiger partial charge is 0.373 e. The molecule has 0 aliphatic carbocycles. The van der Waals surface area contributed by atoms with Crippen LogP contribution in [-0.2, 0) is 20.9 Å². The molecule has 0 bridgehead atoms. The molecule has 1 aromatic heterocycles. The van der Waals surface area contributed by atoms with Crippen molar-refractivity contribution in [3.05, 3.63) is 82.2 Å². The molecule has 0 unspecified atom stereocenters. The molecule has 11 nitrogen and oxygen atoms in total. The predicted molar refractivity (Wildman–Crippen MR) is 140 cm³/mol. The number of urea groups is 1. The number of ether oxygens (including phenoxy) is 3. The van der Waals surface area contributed by atoms with E-state index < -0.39 is 36.2 Å². The van der Waals surface area contributed by atoms with Crippen molar-refractivity contribution in [3.8, 4) is 11.5 Å². The number of furan rings is 1. The van der Waals surface area contributed by atoms with E-state index in [9.17, 15) is 23.6 Å². The van der Waals surface area contributed by atoms with Crippen LogP contribution in [-0.4, -0.2) is 49.0 Å². The number of hydrogen-bond donors (Lipinski definition) is 2. The molecule has 0 radical (unpaired) electrons. The number of imide groups is 1. The van der Waals surface area contributed by atoms with Crippen molar-refractivity contribution in [3.63, 3.8) is 0 Å². The maximum absolute atomic E-state index is 13.4. The fourth-order valence-corrected chi connectivity index (χ4v) is 3.96. The van der Waals surface area contributed by atoms with Crippen LogP contribution in [0.15, 0.2) is 58.6 Å². The molecule has 13 heteroatoms. The Hall–Kier alpha value is -4.84. The van der Waals surface area contributed by atoms with Crippen LogP contribution < -0.4 is 20.1 Å². The van der Waals surface area contributed by atoms with Crippen LogP contribution in [0.1, 0.15) is 28.8 Å². The lowest BCUT2D eigenvalue weighted by Crippen LogP contribution is -2.30. The minimum Gasteiger partial charge on any atom is -0.490 e. The SMILES string of the molecule is CCOc1cc(/C=C2\NC(=O)N(Cc3ccc(C(=O)OC)o3)C2=O)cc(Cl)c1OCC(=O)Nc1cccc(F)c1. The molecular formula is C27H23ClFN3O8. The maximum Gasteiger partial charge on any atom is 0.373 e. The third-order valence-corrected chi connectivity index (χ3v) is 5.70. The Morgan fingerprint density at radius 2 is 1.95 bits per heavy atom. The van der Waals surface area contributed by atoms with Crippen LogP contribution in [0, 0.1) is 5.82 Å². The average molecular weight is 572 g/mol. The number of carbonyl (C=O) groups excluding carboxylic acids is 4. The van der Waals surface area contributed by atoms with Gasteiger partial charge in [-0.25, -0.2) is 14.0 Å². The molecule has 0 spiro atoms. The lowest BCUT2D eigenvalue weighted by atomic mass is 10.1. The number of carbonyl (C=O) groups is 4. The van der Waals surface area contributed by atoms with Gasteiger partial charge in [0.15, 0.2) is 18.1 Å². The van der Waals surface area contributed by atoms with E-state index in [1.807, 2.05) is 0 Å². The summed E-state index contributed by atoms with van der Waals surface area (Å²) in [6.45, 7) is 1.32. The molecular weight excluding hydrogens is 549 g/mol. The quantitative estimate of drug-likeness (QED) is 0.208. The second-order valence-electron chi connectivity index (χ2n) is 8.25. The number of nitrogens with one attached hydrogen (secondary N) is 2. The van der Waals surface area contributed by atoms with Gasteiger partial charge in [0.05, 0.1) is 25.3 Å². The van der Waals surface area contributed by atoms with Gasteiger partial charge in [-0.1, -0.05) is 17.7 Å². The number of esters is 1. The van der Waals surface area contributed by atoms with Gasteiger partial charge in [-0.3, -0.25) is 14.5 Å². The molecule has 1 aliphatic heterocycles. The van der Waals surface area contributed by atoms with E-state index in [2.05, 4.69) is 15.4 Å². The molecule has 0 saturated carbocycles. The van der Waals surface area contributed by atoms with Crippen LogP contribution in [0.25, 0.3) is 6.08 Å². The van der Waals surface area contributed by atoms with Gasteiger partial charge in [0.25, 0.3) is 11.8 Å². The molecule has 4 rings (SSSR count). The van der Waals surface area contributed by atoms with Crippen LogP contribution in [0.5, 0.6) is 11.5 Å². The minimum absolute atomic E-state index is 0.0357. The molecule has 1 aliphatic rings. The maximum atomic E-state index is 13.4. The molecule has 208 valence electrons. The standard InChI is InChI=1S/C27H23ClFN3O8/c1-3-38-22-11-15(9-19(28)24(22)39-14-23(33)30-17-6-4-5-16(29)12-17)10-20-25(34)32(27(36)31-20)13-18-7-8-21(40-18)26(35)37-2/h4-12H,3,13-14H2,1-2H3,(H,30,33)(H,31,36)/b20-10-. The lowest BCUT2D eigenvalue weighted by molar-refractivity contribution is -0.123. The first-order chi connectivity index (χ1) is 19.2. The third kappa shape index (κ3) is 6.59. The molecule has 2 aromatic carbocycles.